The van der Waals surface area contributed by atoms with Crippen molar-refractivity contribution in [3.8, 4) is 0 Å². The summed E-state index contributed by atoms with van der Waals surface area (Å²) in [5, 5.41) is 0.0901. The first kappa shape index (κ1) is 21.4. The lowest BCUT2D eigenvalue weighted by atomic mass is 9.93. The summed E-state index contributed by atoms with van der Waals surface area (Å²) in [5.41, 5.74) is 5.32. The first-order chi connectivity index (χ1) is 13.2. The second kappa shape index (κ2) is 8.57. The van der Waals surface area contributed by atoms with Crippen molar-refractivity contribution in [1.29, 1.82) is 0 Å². The van der Waals surface area contributed by atoms with E-state index in [0.717, 1.165) is 25.7 Å². The minimum Gasteiger partial charge on any atom is -0.370 e. The van der Waals surface area contributed by atoms with E-state index in [-0.39, 0.29) is 50.7 Å². The van der Waals surface area contributed by atoms with Crippen LogP contribution in [0.25, 0.3) is 0 Å². The van der Waals surface area contributed by atoms with Crippen LogP contribution in [-0.4, -0.2) is 44.3 Å². The highest BCUT2D eigenvalue weighted by Gasteiger charge is 2.32. The number of piperidine rings is 1. The number of hydrogen-bond donors (Lipinski definition) is 2. The zero-order chi connectivity index (χ0) is 20.5. The Hall–Kier alpha value is -1.35. The van der Waals surface area contributed by atoms with Gasteiger partial charge in [-0.2, -0.15) is 0 Å². The van der Waals surface area contributed by atoms with Crippen molar-refractivity contribution in [2.75, 3.05) is 13.1 Å². The molecule has 7 nitrogen and oxygen atoms in total. The van der Waals surface area contributed by atoms with E-state index in [0.29, 0.717) is 19.5 Å². The molecule has 1 aliphatic heterocycles. The van der Waals surface area contributed by atoms with Gasteiger partial charge in [0.05, 0.1) is 15.6 Å². The zero-order valence-corrected chi connectivity index (χ0v) is 17.6. The second-order valence-corrected chi connectivity index (χ2v) is 9.92. The van der Waals surface area contributed by atoms with Crippen LogP contribution in [0.2, 0.25) is 10.0 Å². The van der Waals surface area contributed by atoms with E-state index in [1.54, 1.807) is 4.90 Å². The zero-order valence-electron chi connectivity index (χ0n) is 15.3. The monoisotopic (exact) mass is 447 g/mol. The summed E-state index contributed by atoms with van der Waals surface area (Å²) in [6, 6.07) is 2.47. The van der Waals surface area contributed by atoms with E-state index < -0.39 is 10.0 Å². The van der Waals surface area contributed by atoms with Crippen LogP contribution in [-0.2, 0) is 14.8 Å². The average Bonchev–Trinajstić information content (AvgIpc) is 3.42. The molecule has 1 aromatic carbocycles. The predicted octanol–water partition coefficient (Wildman–Crippen LogP) is 2.55. The maximum atomic E-state index is 13.0. The lowest BCUT2D eigenvalue weighted by Crippen LogP contribution is -2.40. The van der Waals surface area contributed by atoms with Crippen LogP contribution in [0.3, 0.4) is 0 Å². The van der Waals surface area contributed by atoms with Crippen LogP contribution in [0.15, 0.2) is 17.0 Å². The van der Waals surface area contributed by atoms with Gasteiger partial charge in [-0.1, -0.05) is 23.2 Å². The molecule has 1 heterocycles. The van der Waals surface area contributed by atoms with Crippen molar-refractivity contribution in [1.82, 2.24) is 9.62 Å². The standard InChI is InChI=1S/C18H23Cl2N3O4S/c19-14-9-15(20)16(28(26,27)22-12-4-5-12)8-13(14)18(25)23-7-1-2-11(10-23)3-6-17(21)24/h8-9,11-12,22H,1-7,10H2,(H2,21,24). The fourth-order valence-corrected chi connectivity index (χ4v) is 5.54. The Bertz CT molecular complexity index is 887. The molecule has 3 N–H and O–H groups in total. The van der Waals surface area contributed by atoms with Crippen molar-refractivity contribution in [3.63, 3.8) is 0 Å². The van der Waals surface area contributed by atoms with Gasteiger partial charge in [-0.05, 0) is 50.2 Å². The molecule has 1 aromatic rings. The largest absolute Gasteiger partial charge is 0.370 e. The number of carbonyl (C=O) groups is 2. The molecule has 0 bridgehead atoms. The minimum atomic E-state index is -3.82. The molecular weight excluding hydrogens is 425 g/mol. The Kier molecular flexibility index (Phi) is 6.54. The van der Waals surface area contributed by atoms with Crippen LogP contribution in [0, 0.1) is 5.92 Å². The second-order valence-electron chi connectivity index (χ2n) is 7.42. The van der Waals surface area contributed by atoms with Gasteiger partial charge in [0.1, 0.15) is 4.90 Å². The summed E-state index contributed by atoms with van der Waals surface area (Å²) < 4.78 is 27.7. The van der Waals surface area contributed by atoms with Gasteiger partial charge in [0.15, 0.2) is 0 Å². The molecule has 1 atom stereocenters. The Morgan fingerprint density at radius 3 is 2.54 bits per heavy atom. The Morgan fingerprint density at radius 1 is 1.18 bits per heavy atom. The summed E-state index contributed by atoms with van der Waals surface area (Å²) >= 11 is 12.3. The average molecular weight is 448 g/mol. The molecule has 28 heavy (non-hydrogen) atoms. The number of nitrogens with one attached hydrogen (secondary N) is 1. The third-order valence-electron chi connectivity index (χ3n) is 5.05. The normalized spacial score (nSPS) is 20.2. The van der Waals surface area contributed by atoms with Crippen LogP contribution in [0.5, 0.6) is 0 Å². The number of rotatable bonds is 7. The summed E-state index contributed by atoms with van der Waals surface area (Å²) in [4.78, 5) is 25.5. The van der Waals surface area contributed by atoms with Crippen molar-refractivity contribution < 1.29 is 18.0 Å². The summed E-state index contributed by atoms with van der Waals surface area (Å²) in [5.74, 6) is -0.522. The molecule has 2 amide bonds. The number of benzene rings is 1. The molecular formula is C18H23Cl2N3O4S. The summed E-state index contributed by atoms with van der Waals surface area (Å²) in [6.45, 7) is 1.03. The van der Waals surface area contributed by atoms with Crippen molar-refractivity contribution >= 4 is 45.0 Å². The fourth-order valence-electron chi connectivity index (χ4n) is 3.38. The number of likely N-dealkylation sites (tertiary alicyclic amines) is 1. The van der Waals surface area contributed by atoms with Crippen LogP contribution >= 0.6 is 23.2 Å². The Morgan fingerprint density at radius 2 is 1.89 bits per heavy atom. The smallest absolute Gasteiger partial charge is 0.255 e. The molecule has 0 spiro atoms. The Balaban J connectivity index is 1.81. The first-order valence-electron chi connectivity index (χ1n) is 9.26. The lowest BCUT2D eigenvalue weighted by Gasteiger charge is -2.33. The van der Waals surface area contributed by atoms with Crippen LogP contribution in [0.1, 0.15) is 48.9 Å². The number of hydrogen-bond acceptors (Lipinski definition) is 4. The van der Waals surface area contributed by atoms with Gasteiger partial charge in [0, 0.05) is 25.6 Å². The van der Waals surface area contributed by atoms with E-state index in [2.05, 4.69) is 4.72 Å². The van der Waals surface area contributed by atoms with Crippen molar-refractivity contribution in [3.05, 3.63) is 27.7 Å². The highest BCUT2D eigenvalue weighted by atomic mass is 35.5. The molecule has 10 heteroatoms. The molecule has 2 aliphatic rings. The highest BCUT2D eigenvalue weighted by molar-refractivity contribution is 7.89. The molecule has 2 fully saturated rings. The SMILES string of the molecule is NC(=O)CCC1CCCN(C(=O)c2cc(S(=O)(=O)NC3CC3)c(Cl)cc2Cl)C1. The number of amides is 2. The van der Waals surface area contributed by atoms with Gasteiger partial charge in [-0.15, -0.1) is 0 Å². The molecule has 3 rings (SSSR count). The quantitative estimate of drug-likeness (QED) is 0.668. The van der Waals surface area contributed by atoms with E-state index in [4.69, 9.17) is 28.9 Å². The van der Waals surface area contributed by atoms with Gasteiger partial charge in [0.2, 0.25) is 15.9 Å². The van der Waals surface area contributed by atoms with E-state index >= 15 is 0 Å². The number of nitrogens with two attached hydrogens (primary N) is 1. The van der Waals surface area contributed by atoms with E-state index in [1.165, 1.54) is 12.1 Å². The number of primary amides is 1. The number of carbonyl (C=O) groups excluding carboxylic acids is 2. The molecule has 1 saturated heterocycles. The predicted molar refractivity (Wildman–Crippen MR) is 107 cm³/mol. The number of halogens is 2. The lowest BCUT2D eigenvalue weighted by molar-refractivity contribution is -0.118. The van der Waals surface area contributed by atoms with Gasteiger partial charge in [-0.25, -0.2) is 13.1 Å². The molecule has 1 unspecified atom stereocenters. The van der Waals surface area contributed by atoms with Crippen LogP contribution in [0.4, 0.5) is 0 Å². The van der Waals surface area contributed by atoms with Crippen LogP contribution < -0.4 is 10.5 Å². The summed E-state index contributed by atoms with van der Waals surface area (Å²) in [7, 11) is -3.82. The van der Waals surface area contributed by atoms with Crippen molar-refractivity contribution in [2.24, 2.45) is 11.7 Å². The first-order valence-corrected chi connectivity index (χ1v) is 11.5. The molecule has 1 saturated carbocycles. The Labute approximate surface area is 174 Å². The minimum absolute atomic E-state index is 0.0207. The van der Waals surface area contributed by atoms with E-state index in [1.807, 2.05) is 0 Å². The maximum Gasteiger partial charge on any atom is 0.255 e. The molecule has 154 valence electrons. The molecule has 0 radical (unpaired) electrons. The molecule has 1 aliphatic carbocycles. The van der Waals surface area contributed by atoms with Gasteiger partial charge < -0.3 is 10.6 Å². The third kappa shape index (κ3) is 5.17. The van der Waals surface area contributed by atoms with Gasteiger partial charge in [0.25, 0.3) is 5.91 Å². The number of nitrogens with zero attached hydrogens (tertiary/aromatic N) is 1. The fraction of sp³-hybridized carbons (Fsp3) is 0.556. The third-order valence-corrected chi connectivity index (χ3v) is 7.34. The van der Waals surface area contributed by atoms with Gasteiger partial charge >= 0.3 is 0 Å². The maximum absolute atomic E-state index is 13.0. The highest BCUT2D eigenvalue weighted by Crippen LogP contribution is 2.32. The van der Waals surface area contributed by atoms with Gasteiger partial charge in [-0.3, -0.25) is 9.59 Å². The summed E-state index contributed by atoms with van der Waals surface area (Å²) in [6.07, 6.45) is 4.19. The van der Waals surface area contributed by atoms with Crippen molar-refractivity contribution in [2.45, 2.75) is 49.5 Å². The molecule has 0 aromatic heterocycles. The topological polar surface area (TPSA) is 110 Å². The van der Waals surface area contributed by atoms with E-state index in [9.17, 15) is 18.0 Å². The number of sulfonamides is 1.